The number of urea groups is 1. The quantitative estimate of drug-likeness (QED) is 0.797. The van der Waals surface area contributed by atoms with Crippen LogP contribution in [0.25, 0.3) is 0 Å². The van der Waals surface area contributed by atoms with Crippen molar-refractivity contribution in [2.24, 2.45) is 4.99 Å². The highest BCUT2D eigenvalue weighted by Gasteiger charge is 2.53. The minimum atomic E-state index is -0.564. The number of hydrogen-bond acceptors (Lipinski definition) is 4. The lowest BCUT2D eigenvalue weighted by atomic mass is 9.84. The van der Waals surface area contributed by atoms with Crippen molar-refractivity contribution in [2.75, 3.05) is 18.0 Å². The fourth-order valence-corrected chi connectivity index (χ4v) is 5.27. The maximum atomic E-state index is 13.2. The number of amides is 3. The maximum absolute atomic E-state index is 13.2. The Morgan fingerprint density at radius 3 is 2.47 bits per heavy atom. The Kier molecular flexibility index (Phi) is 5.64. The van der Waals surface area contributed by atoms with E-state index in [0.29, 0.717) is 31.5 Å². The molecule has 3 fully saturated rings. The Labute approximate surface area is 188 Å². The standard InChI is InChI=1S/C25H29N5O2/c31-22(19-8-3-1-4-9-19)29-16-13-25(14-17-29)23(27-20-10-5-2-6-11-20)28-24(32)30(25)21-12-7-15-26-18-21/h1,3-4,7-9,12,15,18,20H,2,5-6,10-11,13-14,16-17H2,(H,27,28,32). The van der Waals surface area contributed by atoms with Gasteiger partial charge in [0.2, 0.25) is 0 Å². The minimum Gasteiger partial charge on any atom is -0.338 e. The van der Waals surface area contributed by atoms with Crippen LogP contribution in [0.3, 0.4) is 0 Å². The van der Waals surface area contributed by atoms with Gasteiger partial charge in [-0.05, 0) is 49.9 Å². The summed E-state index contributed by atoms with van der Waals surface area (Å²) in [4.78, 5) is 39.2. The number of aliphatic imine (C=N–C) groups is 1. The second-order valence-corrected chi connectivity index (χ2v) is 8.94. The molecule has 1 N–H and O–H groups in total. The van der Waals surface area contributed by atoms with Crippen LogP contribution in [0.2, 0.25) is 0 Å². The van der Waals surface area contributed by atoms with Gasteiger partial charge in [-0.3, -0.25) is 25.0 Å². The molecule has 0 unspecified atom stereocenters. The molecule has 7 heteroatoms. The molecule has 2 aromatic rings. The van der Waals surface area contributed by atoms with E-state index in [2.05, 4.69) is 10.3 Å². The van der Waals surface area contributed by atoms with Crippen molar-refractivity contribution in [1.82, 2.24) is 15.2 Å². The van der Waals surface area contributed by atoms with Crippen LogP contribution in [-0.2, 0) is 0 Å². The Morgan fingerprint density at radius 2 is 1.78 bits per heavy atom. The summed E-state index contributed by atoms with van der Waals surface area (Å²) >= 11 is 0. The molecule has 1 aromatic carbocycles. The first kappa shape index (κ1) is 20.7. The molecular weight excluding hydrogens is 402 g/mol. The SMILES string of the molecule is O=C(c1ccccc1)N1CCC2(CC1)C(=NC1CCCCC1)NC(=O)N2c1cccnc1. The molecule has 3 amide bonds. The zero-order valence-corrected chi connectivity index (χ0v) is 18.2. The number of pyridine rings is 1. The molecule has 166 valence electrons. The number of rotatable bonds is 3. The van der Waals surface area contributed by atoms with Gasteiger partial charge < -0.3 is 4.90 Å². The Hall–Kier alpha value is -3.22. The summed E-state index contributed by atoms with van der Waals surface area (Å²) in [6, 6.07) is 13.3. The predicted octanol–water partition coefficient (Wildman–Crippen LogP) is 4.02. The van der Waals surface area contributed by atoms with Gasteiger partial charge in [0.05, 0.1) is 17.9 Å². The summed E-state index contributed by atoms with van der Waals surface area (Å²) in [6.45, 7) is 1.15. The van der Waals surface area contributed by atoms with E-state index in [1.54, 1.807) is 12.4 Å². The molecule has 0 atom stereocenters. The van der Waals surface area contributed by atoms with Gasteiger partial charge in [-0.25, -0.2) is 4.79 Å². The zero-order chi connectivity index (χ0) is 22.0. The van der Waals surface area contributed by atoms with E-state index in [9.17, 15) is 9.59 Å². The van der Waals surface area contributed by atoms with Crippen molar-refractivity contribution in [3.05, 3.63) is 60.4 Å². The molecule has 1 saturated carbocycles. The van der Waals surface area contributed by atoms with Crippen molar-refractivity contribution in [2.45, 2.75) is 56.5 Å². The maximum Gasteiger partial charge on any atom is 0.328 e. The van der Waals surface area contributed by atoms with Gasteiger partial charge >= 0.3 is 6.03 Å². The lowest BCUT2D eigenvalue weighted by Crippen LogP contribution is -2.58. The number of carbonyl (C=O) groups is 2. The summed E-state index contributed by atoms with van der Waals surface area (Å²) in [7, 11) is 0. The molecule has 0 bridgehead atoms. The minimum absolute atomic E-state index is 0.0384. The third kappa shape index (κ3) is 3.76. The lowest BCUT2D eigenvalue weighted by Gasteiger charge is -2.43. The molecule has 5 rings (SSSR count). The van der Waals surface area contributed by atoms with Crippen LogP contribution in [0.15, 0.2) is 59.9 Å². The number of likely N-dealkylation sites (tertiary alicyclic amines) is 1. The monoisotopic (exact) mass is 431 g/mol. The fraction of sp³-hybridized carbons (Fsp3) is 0.440. The van der Waals surface area contributed by atoms with Crippen LogP contribution in [-0.4, -0.2) is 52.3 Å². The summed E-state index contributed by atoms with van der Waals surface area (Å²) in [5, 5.41) is 3.09. The van der Waals surface area contributed by atoms with E-state index in [1.165, 1.54) is 19.3 Å². The lowest BCUT2D eigenvalue weighted by molar-refractivity contribution is 0.0700. The average Bonchev–Trinajstić information content (AvgIpc) is 3.11. The number of nitrogens with one attached hydrogen (secondary N) is 1. The summed E-state index contributed by atoms with van der Waals surface area (Å²) in [5.74, 6) is 0.807. The number of aromatic nitrogens is 1. The first-order valence-corrected chi connectivity index (χ1v) is 11.6. The topological polar surface area (TPSA) is 77.9 Å². The molecule has 2 saturated heterocycles. The second-order valence-electron chi connectivity index (χ2n) is 8.94. The summed E-state index contributed by atoms with van der Waals surface area (Å²) in [6.07, 6.45) is 10.5. The Morgan fingerprint density at radius 1 is 1.03 bits per heavy atom. The van der Waals surface area contributed by atoms with Crippen LogP contribution in [0.1, 0.15) is 55.3 Å². The molecular formula is C25H29N5O2. The first-order valence-electron chi connectivity index (χ1n) is 11.6. The fourth-order valence-electron chi connectivity index (χ4n) is 5.27. The molecule has 3 aliphatic rings. The summed E-state index contributed by atoms with van der Waals surface area (Å²) < 4.78 is 0. The van der Waals surface area contributed by atoms with Crippen LogP contribution >= 0.6 is 0 Å². The number of anilines is 1. The van der Waals surface area contributed by atoms with E-state index < -0.39 is 5.54 Å². The molecule has 3 heterocycles. The largest absolute Gasteiger partial charge is 0.338 e. The van der Waals surface area contributed by atoms with Crippen molar-refractivity contribution >= 4 is 23.5 Å². The van der Waals surface area contributed by atoms with Gasteiger partial charge in [0.25, 0.3) is 5.91 Å². The highest BCUT2D eigenvalue weighted by Crippen LogP contribution is 2.38. The second kappa shape index (κ2) is 8.73. The highest BCUT2D eigenvalue weighted by atomic mass is 16.2. The Balaban J connectivity index is 1.45. The van der Waals surface area contributed by atoms with Gasteiger partial charge in [0.1, 0.15) is 11.4 Å². The third-order valence-electron chi connectivity index (χ3n) is 6.99. The predicted molar refractivity (Wildman–Crippen MR) is 124 cm³/mol. The number of hydrogen-bond donors (Lipinski definition) is 1. The van der Waals surface area contributed by atoms with Crippen LogP contribution in [0.4, 0.5) is 10.5 Å². The molecule has 1 spiro atoms. The van der Waals surface area contributed by atoms with E-state index >= 15 is 0 Å². The van der Waals surface area contributed by atoms with Crippen molar-refractivity contribution in [1.29, 1.82) is 0 Å². The smallest absolute Gasteiger partial charge is 0.328 e. The number of nitrogens with zero attached hydrogens (tertiary/aromatic N) is 4. The molecule has 0 radical (unpaired) electrons. The van der Waals surface area contributed by atoms with Crippen molar-refractivity contribution in [3.8, 4) is 0 Å². The van der Waals surface area contributed by atoms with Gasteiger partial charge in [-0.15, -0.1) is 0 Å². The van der Waals surface area contributed by atoms with E-state index in [1.807, 2.05) is 52.3 Å². The van der Waals surface area contributed by atoms with Crippen LogP contribution in [0, 0.1) is 0 Å². The molecule has 2 aliphatic heterocycles. The summed E-state index contributed by atoms with van der Waals surface area (Å²) in [5.41, 5.74) is 0.899. The first-order chi connectivity index (χ1) is 15.7. The third-order valence-corrected chi connectivity index (χ3v) is 6.99. The van der Waals surface area contributed by atoms with Gasteiger partial charge in [0.15, 0.2) is 0 Å². The van der Waals surface area contributed by atoms with Gasteiger partial charge in [-0.1, -0.05) is 37.5 Å². The number of carbonyl (C=O) groups excluding carboxylic acids is 2. The highest BCUT2D eigenvalue weighted by molar-refractivity contribution is 6.19. The number of amidine groups is 1. The van der Waals surface area contributed by atoms with Crippen LogP contribution in [0.5, 0.6) is 0 Å². The van der Waals surface area contributed by atoms with Crippen LogP contribution < -0.4 is 10.2 Å². The molecule has 32 heavy (non-hydrogen) atoms. The van der Waals surface area contributed by atoms with E-state index in [4.69, 9.17) is 4.99 Å². The molecule has 1 aromatic heterocycles. The van der Waals surface area contributed by atoms with E-state index in [-0.39, 0.29) is 18.0 Å². The number of piperidine rings is 1. The number of benzene rings is 1. The van der Waals surface area contributed by atoms with Gasteiger partial charge in [0, 0.05) is 24.8 Å². The van der Waals surface area contributed by atoms with E-state index in [0.717, 1.165) is 24.4 Å². The zero-order valence-electron chi connectivity index (χ0n) is 18.2. The molecule has 7 nitrogen and oxygen atoms in total. The molecule has 1 aliphatic carbocycles. The van der Waals surface area contributed by atoms with Gasteiger partial charge in [-0.2, -0.15) is 0 Å². The average molecular weight is 432 g/mol. The Bertz CT molecular complexity index is 994. The van der Waals surface area contributed by atoms with Crippen molar-refractivity contribution < 1.29 is 9.59 Å². The van der Waals surface area contributed by atoms with Crippen molar-refractivity contribution in [3.63, 3.8) is 0 Å². The normalized spacial score (nSPS) is 22.4.